The van der Waals surface area contributed by atoms with Crippen LogP contribution in [0.1, 0.15) is 18.4 Å². The third kappa shape index (κ3) is 4.27. The van der Waals surface area contributed by atoms with E-state index in [1.54, 1.807) is 11.0 Å². The van der Waals surface area contributed by atoms with Crippen LogP contribution in [0.15, 0.2) is 54.6 Å². The molecule has 6 nitrogen and oxygen atoms in total. The minimum atomic E-state index is -0.803. The van der Waals surface area contributed by atoms with Crippen molar-refractivity contribution in [3.05, 3.63) is 60.2 Å². The fourth-order valence-electron chi connectivity index (χ4n) is 4.16. The van der Waals surface area contributed by atoms with Gasteiger partial charge in [-0.05, 0) is 37.1 Å². The van der Waals surface area contributed by atoms with Crippen molar-refractivity contribution in [2.75, 3.05) is 31.6 Å². The van der Waals surface area contributed by atoms with Crippen LogP contribution in [0.25, 0.3) is 0 Å². The van der Waals surface area contributed by atoms with Crippen molar-refractivity contribution in [1.82, 2.24) is 4.90 Å². The summed E-state index contributed by atoms with van der Waals surface area (Å²) in [5.74, 6) is 0.0235. The molecule has 2 atom stereocenters. The molecule has 0 saturated carbocycles. The molecule has 0 unspecified atom stereocenters. The summed E-state index contributed by atoms with van der Waals surface area (Å²) in [6, 6.07) is 17.7. The molecule has 2 aliphatic rings. The zero-order valence-electron chi connectivity index (χ0n) is 16.6. The minimum absolute atomic E-state index is 0.0485. The van der Waals surface area contributed by atoms with Crippen molar-refractivity contribution in [3.63, 3.8) is 0 Å². The fourth-order valence-corrected chi connectivity index (χ4v) is 4.16. The second kappa shape index (κ2) is 8.66. The standard InChI is InChI=1S/C23H26N2O4/c1-28-23(27)21-16-25(19-11-5-6-12-20(19)29-21)22(26)18-10-7-13-24(15-18)14-17-8-3-2-4-9-17/h2-6,8-9,11-12,18,21H,7,10,13-16H2,1H3/t18-,21+/m1/s1. The van der Waals surface area contributed by atoms with Crippen molar-refractivity contribution in [2.24, 2.45) is 5.92 Å². The number of carbonyl (C=O) groups excluding carboxylic acids is 2. The van der Waals surface area contributed by atoms with Crippen molar-refractivity contribution in [3.8, 4) is 5.75 Å². The van der Waals surface area contributed by atoms with Crippen molar-refractivity contribution in [1.29, 1.82) is 0 Å². The molecule has 0 spiro atoms. The van der Waals surface area contributed by atoms with Crippen LogP contribution in [0, 0.1) is 5.92 Å². The molecule has 1 saturated heterocycles. The Hall–Kier alpha value is -2.86. The van der Waals surface area contributed by atoms with E-state index in [2.05, 4.69) is 17.0 Å². The molecule has 152 valence electrons. The molecule has 1 amide bonds. The molecule has 1 fully saturated rings. The number of rotatable bonds is 4. The lowest BCUT2D eigenvalue weighted by molar-refractivity contribution is -0.148. The molecule has 6 heteroatoms. The number of hydrogen-bond donors (Lipinski definition) is 0. The van der Waals surface area contributed by atoms with Gasteiger partial charge in [0.1, 0.15) is 5.75 Å². The Morgan fingerprint density at radius 2 is 1.83 bits per heavy atom. The first-order chi connectivity index (χ1) is 14.2. The van der Waals surface area contributed by atoms with Gasteiger partial charge in [-0.25, -0.2) is 4.79 Å². The smallest absolute Gasteiger partial charge is 0.348 e. The number of ether oxygens (including phenoxy) is 2. The van der Waals surface area contributed by atoms with Gasteiger partial charge in [-0.3, -0.25) is 9.69 Å². The number of likely N-dealkylation sites (tertiary alicyclic amines) is 1. The van der Waals surface area contributed by atoms with Gasteiger partial charge in [-0.2, -0.15) is 0 Å². The van der Waals surface area contributed by atoms with Gasteiger partial charge in [-0.15, -0.1) is 0 Å². The third-order valence-corrected chi connectivity index (χ3v) is 5.61. The topological polar surface area (TPSA) is 59.1 Å². The molecular formula is C23H26N2O4. The highest BCUT2D eigenvalue weighted by Crippen LogP contribution is 2.35. The Morgan fingerprint density at radius 3 is 2.62 bits per heavy atom. The Kier molecular flexibility index (Phi) is 5.81. The lowest BCUT2D eigenvalue weighted by Gasteiger charge is -2.38. The summed E-state index contributed by atoms with van der Waals surface area (Å²) in [4.78, 5) is 29.6. The van der Waals surface area contributed by atoms with E-state index >= 15 is 0 Å². The normalized spacial score (nSPS) is 21.8. The highest BCUT2D eigenvalue weighted by atomic mass is 16.6. The van der Waals surface area contributed by atoms with Gasteiger partial charge in [0.2, 0.25) is 12.0 Å². The SMILES string of the molecule is COC(=O)[C@@H]1CN(C(=O)[C@@H]2CCCN(Cc3ccccc3)C2)c2ccccc2O1. The van der Waals surface area contributed by atoms with Crippen LogP contribution in [-0.2, 0) is 20.9 Å². The molecule has 2 aromatic carbocycles. The first-order valence-corrected chi connectivity index (χ1v) is 10.1. The zero-order valence-corrected chi connectivity index (χ0v) is 16.6. The number of fused-ring (bicyclic) bond motifs is 1. The maximum absolute atomic E-state index is 13.5. The summed E-state index contributed by atoms with van der Waals surface area (Å²) in [6.45, 7) is 2.73. The van der Waals surface area contributed by atoms with Crippen LogP contribution in [0.4, 0.5) is 5.69 Å². The maximum Gasteiger partial charge on any atom is 0.348 e. The summed E-state index contributed by atoms with van der Waals surface area (Å²) < 4.78 is 10.6. The van der Waals surface area contributed by atoms with Crippen LogP contribution < -0.4 is 9.64 Å². The number of piperidine rings is 1. The van der Waals surface area contributed by atoms with Crippen molar-refractivity contribution in [2.45, 2.75) is 25.5 Å². The van der Waals surface area contributed by atoms with E-state index in [9.17, 15) is 9.59 Å². The second-order valence-electron chi connectivity index (χ2n) is 7.61. The van der Waals surface area contributed by atoms with E-state index in [1.807, 2.05) is 36.4 Å². The number of amides is 1. The number of carbonyl (C=O) groups is 2. The van der Waals surface area contributed by atoms with Gasteiger partial charge in [0.05, 0.1) is 25.3 Å². The van der Waals surface area contributed by atoms with Crippen LogP contribution in [0.5, 0.6) is 5.75 Å². The summed E-state index contributed by atoms with van der Waals surface area (Å²) >= 11 is 0. The number of methoxy groups -OCH3 is 1. The first-order valence-electron chi connectivity index (χ1n) is 10.1. The van der Waals surface area contributed by atoms with E-state index in [0.717, 1.165) is 38.2 Å². The molecule has 4 rings (SSSR count). The molecule has 2 heterocycles. The van der Waals surface area contributed by atoms with Gasteiger partial charge in [0.25, 0.3) is 0 Å². The molecular weight excluding hydrogens is 368 g/mol. The fraction of sp³-hybridized carbons (Fsp3) is 0.391. The average Bonchev–Trinajstić information content (AvgIpc) is 2.78. The Morgan fingerprint density at radius 1 is 1.07 bits per heavy atom. The van der Waals surface area contributed by atoms with Crippen LogP contribution in [0.2, 0.25) is 0 Å². The number of nitrogens with zero attached hydrogens (tertiary/aromatic N) is 2. The monoisotopic (exact) mass is 394 g/mol. The Labute approximate surface area is 171 Å². The summed E-state index contributed by atoms with van der Waals surface area (Å²) in [7, 11) is 1.33. The molecule has 2 aromatic rings. The van der Waals surface area contributed by atoms with Crippen molar-refractivity contribution >= 4 is 17.6 Å². The zero-order chi connectivity index (χ0) is 20.2. The average molecular weight is 394 g/mol. The molecule has 0 aliphatic carbocycles. The number of para-hydroxylation sites is 2. The van der Waals surface area contributed by atoms with Gasteiger partial charge >= 0.3 is 5.97 Å². The number of esters is 1. The Balaban J connectivity index is 1.51. The maximum atomic E-state index is 13.5. The lowest BCUT2D eigenvalue weighted by Crippen LogP contribution is -2.51. The minimum Gasteiger partial charge on any atom is -0.475 e. The highest BCUT2D eigenvalue weighted by Gasteiger charge is 2.38. The van der Waals surface area contributed by atoms with Gasteiger partial charge < -0.3 is 14.4 Å². The molecule has 0 radical (unpaired) electrons. The van der Waals surface area contributed by atoms with Gasteiger partial charge in [0, 0.05) is 13.1 Å². The molecule has 0 N–H and O–H groups in total. The van der Waals surface area contributed by atoms with E-state index in [0.29, 0.717) is 5.75 Å². The molecule has 29 heavy (non-hydrogen) atoms. The third-order valence-electron chi connectivity index (χ3n) is 5.61. The predicted molar refractivity (Wildman–Crippen MR) is 110 cm³/mol. The lowest BCUT2D eigenvalue weighted by atomic mass is 9.95. The number of anilines is 1. The quantitative estimate of drug-likeness (QED) is 0.747. The summed E-state index contributed by atoms with van der Waals surface area (Å²) in [5.41, 5.74) is 1.97. The molecule has 2 aliphatic heterocycles. The van der Waals surface area contributed by atoms with Crippen LogP contribution in [0.3, 0.4) is 0 Å². The second-order valence-corrected chi connectivity index (χ2v) is 7.61. The first kappa shape index (κ1) is 19.5. The van der Waals surface area contributed by atoms with E-state index in [1.165, 1.54) is 12.7 Å². The predicted octanol–water partition coefficient (Wildman–Crippen LogP) is 2.87. The number of hydrogen-bond acceptors (Lipinski definition) is 5. The van der Waals surface area contributed by atoms with E-state index in [4.69, 9.17) is 9.47 Å². The summed E-state index contributed by atoms with van der Waals surface area (Å²) in [6.07, 6.45) is 1.03. The largest absolute Gasteiger partial charge is 0.475 e. The highest BCUT2D eigenvalue weighted by molar-refractivity contribution is 5.98. The Bertz CT molecular complexity index is 870. The molecule has 0 bridgehead atoms. The van der Waals surface area contributed by atoms with Crippen molar-refractivity contribution < 1.29 is 19.1 Å². The van der Waals surface area contributed by atoms with Gasteiger partial charge in [-0.1, -0.05) is 42.5 Å². The van der Waals surface area contributed by atoms with Gasteiger partial charge in [0.15, 0.2) is 0 Å². The van der Waals surface area contributed by atoms with Crippen LogP contribution >= 0.6 is 0 Å². The molecule has 0 aromatic heterocycles. The van der Waals surface area contributed by atoms with Crippen LogP contribution in [-0.4, -0.2) is 49.6 Å². The van der Waals surface area contributed by atoms with E-state index in [-0.39, 0.29) is 18.4 Å². The summed E-state index contributed by atoms with van der Waals surface area (Å²) in [5, 5.41) is 0. The van der Waals surface area contributed by atoms with E-state index < -0.39 is 12.1 Å². The number of benzene rings is 2.